The summed E-state index contributed by atoms with van der Waals surface area (Å²) in [6.45, 7) is 2.15. The molecule has 110 valence electrons. The van der Waals surface area contributed by atoms with Gasteiger partial charge >= 0.3 is 0 Å². The fourth-order valence-corrected chi connectivity index (χ4v) is 2.44. The molecule has 0 heterocycles. The summed E-state index contributed by atoms with van der Waals surface area (Å²) < 4.78 is 1.09. The summed E-state index contributed by atoms with van der Waals surface area (Å²) in [5.41, 5.74) is 2.98. The molecule has 0 saturated carbocycles. The number of hydrogen-bond acceptors (Lipinski definition) is 2. The van der Waals surface area contributed by atoms with Crippen molar-refractivity contribution in [2.45, 2.75) is 19.4 Å². The van der Waals surface area contributed by atoms with E-state index in [-0.39, 0.29) is 5.91 Å². The highest BCUT2D eigenvalue weighted by molar-refractivity contribution is 9.10. The molecule has 2 rings (SSSR count). The molecule has 0 bridgehead atoms. The number of nitrogens with one attached hydrogen (secondary N) is 2. The zero-order valence-electron chi connectivity index (χ0n) is 12.2. The summed E-state index contributed by atoms with van der Waals surface area (Å²) in [4.78, 5) is 11.5. The van der Waals surface area contributed by atoms with Gasteiger partial charge in [0.15, 0.2) is 0 Å². The van der Waals surface area contributed by atoms with Gasteiger partial charge in [-0.05, 0) is 55.3 Å². The van der Waals surface area contributed by atoms with Crippen LogP contribution >= 0.6 is 15.9 Å². The molecule has 2 N–H and O–H groups in total. The molecule has 2 aromatic rings. The van der Waals surface area contributed by atoms with Crippen molar-refractivity contribution in [2.24, 2.45) is 0 Å². The van der Waals surface area contributed by atoms with Crippen molar-refractivity contribution < 1.29 is 4.79 Å². The molecule has 3 nitrogen and oxygen atoms in total. The van der Waals surface area contributed by atoms with Gasteiger partial charge in [-0.3, -0.25) is 4.79 Å². The Balaban J connectivity index is 1.94. The first-order chi connectivity index (χ1) is 10.1. The van der Waals surface area contributed by atoms with Crippen LogP contribution in [-0.2, 0) is 6.42 Å². The first-order valence-corrected chi connectivity index (χ1v) is 7.71. The maximum atomic E-state index is 11.5. The number of hydrogen-bond donors (Lipinski definition) is 2. The first kappa shape index (κ1) is 15.6. The molecule has 0 radical (unpaired) electrons. The molecule has 0 aliphatic carbocycles. The van der Waals surface area contributed by atoms with Crippen LogP contribution in [0.25, 0.3) is 0 Å². The molecule has 0 aliphatic rings. The van der Waals surface area contributed by atoms with Crippen LogP contribution < -0.4 is 10.6 Å². The Morgan fingerprint density at radius 2 is 1.71 bits per heavy atom. The zero-order chi connectivity index (χ0) is 15.2. The molecule has 2 aromatic carbocycles. The molecule has 0 fully saturated rings. The molecule has 21 heavy (non-hydrogen) atoms. The SMILES string of the molecule is CNC(=O)c1ccc(NC(C)Cc2ccc(Br)cc2)cc1. The zero-order valence-corrected chi connectivity index (χ0v) is 13.8. The quantitative estimate of drug-likeness (QED) is 0.863. The van der Waals surface area contributed by atoms with Gasteiger partial charge in [0.05, 0.1) is 0 Å². The Labute approximate surface area is 133 Å². The number of carbonyl (C=O) groups is 1. The maximum Gasteiger partial charge on any atom is 0.251 e. The molecule has 0 saturated heterocycles. The van der Waals surface area contributed by atoms with Gasteiger partial charge in [-0.1, -0.05) is 28.1 Å². The summed E-state index contributed by atoms with van der Waals surface area (Å²) in [6, 6.07) is 16.2. The lowest BCUT2D eigenvalue weighted by atomic mass is 10.1. The Hall–Kier alpha value is -1.81. The summed E-state index contributed by atoms with van der Waals surface area (Å²) in [7, 11) is 1.63. The lowest BCUT2D eigenvalue weighted by molar-refractivity contribution is 0.0963. The summed E-state index contributed by atoms with van der Waals surface area (Å²) in [6.07, 6.45) is 0.949. The van der Waals surface area contributed by atoms with E-state index in [1.165, 1.54) is 5.56 Å². The molecule has 1 atom stereocenters. The highest BCUT2D eigenvalue weighted by atomic mass is 79.9. The molecular weight excluding hydrogens is 328 g/mol. The third-order valence-electron chi connectivity index (χ3n) is 3.24. The fourth-order valence-electron chi connectivity index (χ4n) is 2.17. The van der Waals surface area contributed by atoms with E-state index < -0.39 is 0 Å². The first-order valence-electron chi connectivity index (χ1n) is 6.91. The van der Waals surface area contributed by atoms with Gasteiger partial charge in [0.1, 0.15) is 0 Å². The van der Waals surface area contributed by atoms with Gasteiger partial charge in [-0.15, -0.1) is 0 Å². The topological polar surface area (TPSA) is 41.1 Å². The minimum atomic E-state index is -0.0653. The van der Waals surface area contributed by atoms with E-state index >= 15 is 0 Å². The largest absolute Gasteiger partial charge is 0.382 e. The molecule has 0 aromatic heterocycles. The number of amides is 1. The summed E-state index contributed by atoms with van der Waals surface area (Å²) in [5, 5.41) is 6.06. The van der Waals surface area contributed by atoms with E-state index in [2.05, 4.69) is 57.8 Å². The van der Waals surface area contributed by atoms with Gasteiger partial charge in [-0.25, -0.2) is 0 Å². The van der Waals surface area contributed by atoms with Crippen molar-refractivity contribution >= 4 is 27.5 Å². The molecule has 1 unspecified atom stereocenters. The highest BCUT2D eigenvalue weighted by Crippen LogP contribution is 2.15. The summed E-state index contributed by atoms with van der Waals surface area (Å²) in [5.74, 6) is -0.0653. The molecule has 1 amide bonds. The predicted molar refractivity (Wildman–Crippen MR) is 90.8 cm³/mol. The second kappa shape index (κ2) is 7.27. The number of halogens is 1. The van der Waals surface area contributed by atoms with Crippen LogP contribution in [0.3, 0.4) is 0 Å². The molecule has 0 spiro atoms. The minimum Gasteiger partial charge on any atom is -0.382 e. The predicted octanol–water partition coefficient (Wildman–Crippen LogP) is 3.85. The van der Waals surface area contributed by atoms with Gasteiger partial charge < -0.3 is 10.6 Å². The highest BCUT2D eigenvalue weighted by Gasteiger charge is 2.06. The normalized spacial score (nSPS) is 11.8. The third kappa shape index (κ3) is 4.60. The van der Waals surface area contributed by atoms with Crippen molar-refractivity contribution in [3.05, 3.63) is 64.1 Å². The van der Waals surface area contributed by atoms with E-state index in [0.29, 0.717) is 11.6 Å². The van der Waals surface area contributed by atoms with Crippen molar-refractivity contribution in [1.82, 2.24) is 5.32 Å². The lowest BCUT2D eigenvalue weighted by Crippen LogP contribution is -2.19. The number of anilines is 1. The smallest absolute Gasteiger partial charge is 0.251 e. The maximum absolute atomic E-state index is 11.5. The van der Waals surface area contributed by atoms with Crippen molar-refractivity contribution in [3.63, 3.8) is 0 Å². The number of benzene rings is 2. The van der Waals surface area contributed by atoms with E-state index in [1.54, 1.807) is 7.05 Å². The van der Waals surface area contributed by atoms with Crippen LogP contribution in [-0.4, -0.2) is 19.0 Å². The summed E-state index contributed by atoms with van der Waals surface area (Å²) >= 11 is 3.44. The number of carbonyl (C=O) groups excluding carboxylic acids is 1. The average molecular weight is 347 g/mol. The van der Waals surface area contributed by atoms with Crippen LogP contribution in [0.15, 0.2) is 53.0 Å². The van der Waals surface area contributed by atoms with Crippen LogP contribution in [0.2, 0.25) is 0 Å². The van der Waals surface area contributed by atoms with Crippen LogP contribution in [0.5, 0.6) is 0 Å². The van der Waals surface area contributed by atoms with Crippen LogP contribution in [0, 0.1) is 0 Å². The van der Waals surface area contributed by atoms with E-state index in [0.717, 1.165) is 16.6 Å². The second-order valence-corrected chi connectivity index (χ2v) is 5.95. The van der Waals surface area contributed by atoms with Crippen LogP contribution in [0.4, 0.5) is 5.69 Å². The average Bonchev–Trinajstić information content (AvgIpc) is 2.49. The van der Waals surface area contributed by atoms with E-state index in [4.69, 9.17) is 0 Å². The molecule has 0 aliphatic heterocycles. The molecular formula is C17H19BrN2O. The number of rotatable bonds is 5. The lowest BCUT2D eigenvalue weighted by Gasteiger charge is -2.15. The monoisotopic (exact) mass is 346 g/mol. The van der Waals surface area contributed by atoms with Crippen molar-refractivity contribution in [3.8, 4) is 0 Å². The van der Waals surface area contributed by atoms with Crippen LogP contribution in [0.1, 0.15) is 22.8 Å². The van der Waals surface area contributed by atoms with Gasteiger partial charge in [0, 0.05) is 28.8 Å². The van der Waals surface area contributed by atoms with Gasteiger partial charge in [0.2, 0.25) is 0 Å². The Kier molecular flexibility index (Phi) is 5.39. The third-order valence-corrected chi connectivity index (χ3v) is 3.77. The van der Waals surface area contributed by atoms with E-state index in [9.17, 15) is 4.79 Å². The Bertz CT molecular complexity index is 593. The van der Waals surface area contributed by atoms with E-state index in [1.807, 2.05) is 24.3 Å². The molecule has 4 heteroatoms. The second-order valence-electron chi connectivity index (χ2n) is 5.03. The van der Waals surface area contributed by atoms with Gasteiger partial charge in [0.25, 0.3) is 5.91 Å². The fraction of sp³-hybridized carbons (Fsp3) is 0.235. The van der Waals surface area contributed by atoms with Crippen molar-refractivity contribution in [1.29, 1.82) is 0 Å². The Morgan fingerprint density at radius 1 is 1.10 bits per heavy atom. The Morgan fingerprint density at radius 3 is 2.29 bits per heavy atom. The van der Waals surface area contributed by atoms with Gasteiger partial charge in [-0.2, -0.15) is 0 Å². The minimum absolute atomic E-state index is 0.0653. The standard InChI is InChI=1S/C17H19BrN2O/c1-12(11-13-3-7-15(18)8-4-13)20-16-9-5-14(6-10-16)17(21)19-2/h3-10,12,20H,11H2,1-2H3,(H,19,21). The van der Waals surface area contributed by atoms with Crippen molar-refractivity contribution in [2.75, 3.05) is 12.4 Å².